The van der Waals surface area contributed by atoms with Gasteiger partial charge in [-0.25, -0.2) is 19.0 Å². The van der Waals surface area contributed by atoms with Crippen LogP contribution in [0, 0.1) is 5.82 Å². The molecule has 3 saturated heterocycles. The molecule has 3 aliphatic rings. The average Bonchev–Trinajstić information content (AvgIpc) is 3.44. The van der Waals surface area contributed by atoms with Crippen LogP contribution in [0.25, 0.3) is 5.82 Å². The van der Waals surface area contributed by atoms with Crippen LogP contribution in [0.5, 0.6) is 0 Å². The summed E-state index contributed by atoms with van der Waals surface area (Å²) < 4.78 is 27.1. The minimum Gasteiger partial charge on any atom is -0.399 e. The third-order valence-corrected chi connectivity index (χ3v) is 8.21. The van der Waals surface area contributed by atoms with Gasteiger partial charge in [0, 0.05) is 49.6 Å². The summed E-state index contributed by atoms with van der Waals surface area (Å²) in [7, 11) is -0.392. The van der Waals surface area contributed by atoms with Gasteiger partial charge in [0.25, 0.3) is 0 Å². The van der Waals surface area contributed by atoms with E-state index in [1.807, 2.05) is 18.5 Å². The fourth-order valence-corrected chi connectivity index (χ4v) is 5.42. The summed E-state index contributed by atoms with van der Waals surface area (Å²) in [5, 5.41) is 3.99. The Morgan fingerprint density at radius 1 is 0.917 bits per heavy atom. The van der Waals surface area contributed by atoms with Crippen LogP contribution in [0.3, 0.4) is 0 Å². The second-order valence-corrected chi connectivity index (χ2v) is 11.1. The third kappa shape index (κ3) is 4.21. The van der Waals surface area contributed by atoms with Crippen molar-refractivity contribution in [1.82, 2.24) is 24.6 Å². The summed E-state index contributed by atoms with van der Waals surface area (Å²) >= 11 is 0. The fraction of sp³-hybridized carbons (Fsp3) is 0.500. The molecule has 188 valence electrons. The molecular weight excluding hydrogens is 458 g/mol. The van der Waals surface area contributed by atoms with Gasteiger partial charge in [-0.15, -0.1) is 0 Å². The SMILES string of the molecule is CC1(C)OB(c2ccc(N3CC4CCC(C3)N4Cc3ccc(-n4cc(F)cn4)nc3)nc2)OC1(C)C. The Balaban J connectivity index is 1.10. The van der Waals surface area contributed by atoms with Crippen LogP contribution in [0.15, 0.2) is 49.1 Å². The van der Waals surface area contributed by atoms with Gasteiger partial charge < -0.3 is 14.2 Å². The lowest BCUT2D eigenvalue weighted by atomic mass is 9.80. The van der Waals surface area contributed by atoms with Crippen molar-refractivity contribution in [3.05, 3.63) is 60.4 Å². The van der Waals surface area contributed by atoms with Gasteiger partial charge in [-0.05, 0) is 58.2 Å². The van der Waals surface area contributed by atoms with Gasteiger partial charge in [0.15, 0.2) is 11.6 Å². The lowest BCUT2D eigenvalue weighted by Gasteiger charge is -2.41. The maximum absolute atomic E-state index is 13.3. The minimum absolute atomic E-state index is 0.362. The quantitative estimate of drug-likeness (QED) is 0.510. The van der Waals surface area contributed by atoms with E-state index in [1.165, 1.54) is 29.9 Å². The Morgan fingerprint density at radius 2 is 1.58 bits per heavy atom. The van der Waals surface area contributed by atoms with Crippen molar-refractivity contribution in [1.29, 1.82) is 0 Å². The van der Waals surface area contributed by atoms with Gasteiger partial charge in [-0.1, -0.05) is 12.1 Å². The summed E-state index contributed by atoms with van der Waals surface area (Å²) in [5.41, 5.74) is 1.38. The highest BCUT2D eigenvalue weighted by Gasteiger charge is 2.51. The van der Waals surface area contributed by atoms with Gasteiger partial charge in [0.05, 0.1) is 23.6 Å². The molecule has 2 atom stereocenters. The van der Waals surface area contributed by atoms with E-state index in [-0.39, 0.29) is 17.0 Å². The number of anilines is 1. The van der Waals surface area contributed by atoms with Crippen molar-refractivity contribution in [3.63, 3.8) is 0 Å². The number of aromatic nitrogens is 4. The van der Waals surface area contributed by atoms with Crippen molar-refractivity contribution in [2.24, 2.45) is 0 Å². The topological polar surface area (TPSA) is 68.5 Å². The van der Waals surface area contributed by atoms with Crippen LogP contribution in [-0.2, 0) is 15.9 Å². The number of rotatable bonds is 5. The molecule has 0 aromatic carbocycles. The predicted octanol–water partition coefficient (Wildman–Crippen LogP) is 2.95. The summed E-state index contributed by atoms with van der Waals surface area (Å²) in [6.45, 7) is 11.0. The first kappa shape index (κ1) is 23.6. The number of halogens is 1. The van der Waals surface area contributed by atoms with Crippen molar-refractivity contribution >= 4 is 18.4 Å². The maximum Gasteiger partial charge on any atom is 0.496 e. The van der Waals surface area contributed by atoms with Crippen LogP contribution in [0.1, 0.15) is 46.1 Å². The van der Waals surface area contributed by atoms with Crippen LogP contribution in [0.4, 0.5) is 10.2 Å². The molecule has 3 fully saturated rings. The van der Waals surface area contributed by atoms with E-state index >= 15 is 0 Å². The maximum atomic E-state index is 13.3. The molecule has 3 aromatic heterocycles. The average molecular weight is 490 g/mol. The predicted molar refractivity (Wildman–Crippen MR) is 136 cm³/mol. The first-order valence-electron chi connectivity index (χ1n) is 12.7. The normalized spacial score (nSPS) is 25.0. The number of nitrogens with zero attached hydrogens (tertiary/aromatic N) is 6. The largest absolute Gasteiger partial charge is 0.496 e. The molecule has 6 heterocycles. The molecule has 0 aliphatic carbocycles. The zero-order chi connectivity index (χ0) is 25.1. The van der Waals surface area contributed by atoms with E-state index in [2.05, 4.69) is 65.8 Å². The monoisotopic (exact) mass is 490 g/mol. The van der Waals surface area contributed by atoms with Gasteiger partial charge in [-0.3, -0.25) is 4.90 Å². The molecule has 0 N–H and O–H groups in total. The van der Waals surface area contributed by atoms with Crippen molar-refractivity contribution in [2.75, 3.05) is 18.0 Å². The van der Waals surface area contributed by atoms with Crippen molar-refractivity contribution in [2.45, 2.75) is 70.4 Å². The number of pyridine rings is 2. The smallest absolute Gasteiger partial charge is 0.399 e. The van der Waals surface area contributed by atoms with Crippen molar-refractivity contribution < 1.29 is 13.7 Å². The summed E-state index contributed by atoms with van der Waals surface area (Å²) in [6, 6.07) is 9.09. The fourth-order valence-electron chi connectivity index (χ4n) is 5.42. The highest BCUT2D eigenvalue weighted by atomic mass is 19.1. The van der Waals surface area contributed by atoms with E-state index in [0.29, 0.717) is 17.9 Å². The second kappa shape index (κ2) is 8.64. The Hall–Kier alpha value is -2.82. The van der Waals surface area contributed by atoms with Gasteiger partial charge >= 0.3 is 7.12 Å². The van der Waals surface area contributed by atoms with E-state index in [4.69, 9.17) is 14.3 Å². The summed E-state index contributed by atoms with van der Waals surface area (Å²) in [5.74, 6) is 1.25. The van der Waals surface area contributed by atoms with Crippen LogP contribution < -0.4 is 10.4 Å². The van der Waals surface area contributed by atoms with E-state index in [9.17, 15) is 4.39 Å². The third-order valence-electron chi connectivity index (χ3n) is 8.21. The van der Waals surface area contributed by atoms with Crippen LogP contribution in [-0.4, -0.2) is 68.1 Å². The summed E-state index contributed by atoms with van der Waals surface area (Å²) in [4.78, 5) is 14.3. The van der Waals surface area contributed by atoms with E-state index in [0.717, 1.165) is 36.5 Å². The van der Waals surface area contributed by atoms with Crippen LogP contribution in [0.2, 0.25) is 0 Å². The zero-order valence-corrected chi connectivity index (χ0v) is 21.3. The lowest BCUT2D eigenvalue weighted by Crippen LogP contribution is -2.53. The van der Waals surface area contributed by atoms with E-state index in [1.54, 1.807) is 0 Å². The van der Waals surface area contributed by atoms with Gasteiger partial charge in [-0.2, -0.15) is 5.10 Å². The lowest BCUT2D eigenvalue weighted by molar-refractivity contribution is 0.00578. The van der Waals surface area contributed by atoms with Gasteiger partial charge in [0.2, 0.25) is 0 Å². The molecule has 0 radical (unpaired) electrons. The number of fused-ring (bicyclic) bond motifs is 2. The Morgan fingerprint density at radius 3 is 2.14 bits per heavy atom. The molecule has 0 amide bonds. The standard InChI is InChI=1S/C26H32BFN6O2/c1-25(2)26(3,4)36-27(35-25)19-6-10-23(30-12-19)32-16-21-7-8-22(17-32)33(21)14-18-5-9-24(29-11-18)34-15-20(28)13-31-34/h5-6,9-13,15,21-22H,7-8,14,16-17H2,1-4H3. The number of piperazine rings is 1. The first-order chi connectivity index (χ1) is 17.2. The Kier molecular flexibility index (Phi) is 5.66. The number of hydrogen-bond acceptors (Lipinski definition) is 7. The molecule has 36 heavy (non-hydrogen) atoms. The molecule has 2 bridgehead atoms. The highest BCUT2D eigenvalue weighted by Crippen LogP contribution is 2.37. The molecule has 6 rings (SSSR count). The molecule has 2 unspecified atom stereocenters. The zero-order valence-electron chi connectivity index (χ0n) is 21.3. The molecule has 0 spiro atoms. The van der Waals surface area contributed by atoms with Crippen LogP contribution >= 0.6 is 0 Å². The molecule has 10 heteroatoms. The molecular formula is C26H32BFN6O2. The molecule has 3 aliphatic heterocycles. The highest BCUT2D eigenvalue weighted by molar-refractivity contribution is 6.62. The Bertz CT molecular complexity index is 1200. The first-order valence-corrected chi connectivity index (χ1v) is 12.7. The van der Waals surface area contributed by atoms with E-state index < -0.39 is 7.12 Å². The summed E-state index contributed by atoms with van der Waals surface area (Å²) in [6.07, 6.45) is 8.65. The number of hydrogen-bond donors (Lipinski definition) is 0. The van der Waals surface area contributed by atoms with Gasteiger partial charge in [0.1, 0.15) is 5.82 Å². The molecule has 8 nitrogen and oxygen atoms in total. The molecule has 0 saturated carbocycles. The Labute approximate surface area is 211 Å². The minimum atomic E-state index is -0.392. The second-order valence-electron chi connectivity index (χ2n) is 11.1. The van der Waals surface area contributed by atoms with Crippen molar-refractivity contribution in [3.8, 4) is 5.82 Å². The molecule has 3 aromatic rings.